The first-order valence-electron chi connectivity index (χ1n) is 9.21. The van der Waals surface area contributed by atoms with E-state index in [1.54, 1.807) is 0 Å². The van der Waals surface area contributed by atoms with Crippen molar-refractivity contribution in [1.82, 2.24) is 0 Å². The second kappa shape index (κ2) is 6.62. The van der Waals surface area contributed by atoms with Gasteiger partial charge in [0.05, 0.1) is 0 Å². The van der Waals surface area contributed by atoms with Crippen LogP contribution in [0.25, 0.3) is 32.7 Å². The number of fused-ring (bicyclic) bond motifs is 2. The van der Waals surface area contributed by atoms with Gasteiger partial charge < -0.3 is 5.32 Å². The van der Waals surface area contributed by atoms with Crippen LogP contribution in [0, 0.1) is 0 Å². The van der Waals surface area contributed by atoms with Gasteiger partial charge in [-0.05, 0) is 51.4 Å². The summed E-state index contributed by atoms with van der Waals surface area (Å²) in [6, 6.07) is 38.6. The maximum Gasteiger partial charge on any atom is 0.0470 e. The van der Waals surface area contributed by atoms with Crippen LogP contribution in [0.15, 0.2) is 109 Å². The minimum atomic E-state index is 1.10. The molecule has 0 saturated carbocycles. The molecule has 0 amide bonds. The van der Waals surface area contributed by atoms with Crippen molar-refractivity contribution >= 4 is 32.9 Å². The van der Waals surface area contributed by atoms with Crippen LogP contribution in [0.5, 0.6) is 0 Å². The zero-order chi connectivity index (χ0) is 18.1. The molecule has 5 aromatic carbocycles. The Kier molecular flexibility index (Phi) is 3.84. The third-order valence-electron chi connectivity index (χ3n) is 5.00. The van der Waals surface area contributed by atoms with Crippen LogP contribution in [0.1, 0.15) is 0 Å². The van der Waals surface area contributed by atoms with E-state index in [4.69, 9.17) is 0 Å². The highest BCUT2D eigenvalue weighted by Gasteiger charge is 2.08. The fourth-order valence-corrected chi connectivity index (χ4v) is 3.62. The molecule has 128 valence electrons. The van der Waals surface area contributed by atoms with Crippen LogP contribution in [-0.4, -0.2) is 0 Å². The second-order valence-corrected chi connectivity index (χ2v) is 6.80. The first kappa shape index (κ1) is 15.7. The van der Waals surface area contributed by atoms with Gasteiger partial charge in [0.1, 0.15) is 0 Å². The van der Waals surface area contributed by atoms with E-state index in [1.165, 1.54) is 32.7 Å². The van der Waals surface area contributed by atoms with Crippen LogP contribution in [-0.2, 0) is 0 Å². The molecule has 0 bridgehead atoms. The van der Waals surface area contributed by atoms with Crippen molar-refractivity contribution in [2.75, 3.05) is 5.32 Å². The zero-order valence-corrected chi connectivity index (χ0v) is 14.9. The summed E-state index contributed by atoms with van der Waals surface area (Å²) in [4.78, 5) is 0. The van der Waals surface area contributed by atoms with Gasteiger partial charge in [0.25, 0.3) is 0 Å². The number of nitrogens with one attached hydrogen (secondary N) is 1. The largest absolute Gasteiger partial charge is 0.355 e. The normalized spacial score (nSPS) is 11.0. The Hall–Kier alpha value is -3.58. The van der Waals surface area contributed by atoms with E-state index in [2.05, 4.69) is 115 Å². The predicted octanol–water partition coefficient (Wildman–Crippen LogP) is 7.40. The first-order valence-corrected chi connectivity index (χ1v) is 9.21. The van der Waals surface area contributed by atoms with Gasteiger partial charge in [-0.3, -0.25) is 0 Å². The van der Waals surface area contributed by atoms with Crippen molar-refractivity contribution in [1.29, 1.82) is 0 Å². The van der Waals surface area contributed by atoms with Crippen molar-refractivity contribution in [2.24, 2.45) is 0 Å². The molecule has 0 aromatic heterocycles. The van der Waals surface area contributed by atoms with E-state index in [-0.39, 0.29) is 0 Å². The molecule has 0 aliphatic rings. The lowest BCUT2D eigenvalue weighted by Crippen LogP contribution is -1.94. The molecule has 0 radical (unpaired) electrons. The highest BCUT2D eigenvalue weighted by atomic mass is 14.9. The van der Waals surface area contributed by atoms with Gasteiger partial charge in [-0.1, -0.05) is 84.9 Å². The Labute approximate surface area is 158 Å². The summed E-state index contributed by atoms with van der Waals surface area (Å²) in [6.07, 6.45) is 0. The lowest BCUT2D eigenvalue weighted by Gasteiger charge is -2.15. The summed E-state index contributed by atoms with van der Waals surface area (Å²) in [5.41, 5.74) is 4.64. The topological polar surface area (TPSA) is 12.0 Å². The van der Waals surface area contributed by atoms with Gasteiger partial charge >= 0.3 is 0 Å². The molecule has 0 unspecified atom stereocenters. The van der Waals surface area contributed by atoms with Gasteiger partial charge in [0, 0.05) is 16.9 Å². The maximum atomic E-state index is 3.66. The number of hydrogen-bond acceptors (Lipinski definition) is 1. The van der Waals surface area contributed by atoms with E-state index in [0.29, 0.717) is 0 Å². The van der Waals surface area contributed by atoms with Crippen LogP contribution in [0.3, 0.4) is 0 Å². The summed E-state index contributed by atoms with van der Waals surface area (Å²) in [6.45, 7) is 0. The molecule has 0 atom stereocenters. The van der Waals surface area contributed by atoms with Crippen molar-refractivity contribution < 1.29 is 0 Å². The van der Waals surface area contributed by atoms with Gasteiger partial charge in [0.2, 0.25) is 0 Å². The molecule has 27 heavy (non-hydrogen) atoms. The Morgan fingerprint density at radius 2 is 1.04 bits per heavy atom. The molecular formula is C26H19N. The van der Waals surface area contributed by atoms with E-state index in [0.717, 1.165) is 11.4 Å². The zero-order valence-electron chi connectivity index (χ0n) is 14.9. The minimum Gasteiger partial charge on any atom is -0.355 e. The number of benzene rings is 5. The summed E-state index contributed by atoms with van der Waals surface area (Å²) in [7, 11) is 0. The third-order valence-corrected chi connectivity index (χ3v) is 5.00. The Balaban J connectivity index is 1.66. The summed E-state index contributed by atoms with van der Waals surface area (Å²) >= 11 is 0. The average molecular weight is 345 g/mol. The van der Waals surface area contributed by atoms with Gasteiger partial charge in [0.15, 0.2) is 0 Å². The lowest BCUT2D eigenvalue weighted by molar-refractivity contribution is 1.56. The highest BCUT2D eigenvalue weighted by Crippen LogP contribution is 2.35. The number of hydrogen-bond donors (Lipinski definition) is 1. The highest BCUT2D eigenvalue weighted by molar-refractivity contribution is 5.96. The van der Waals surface area contributed by atoms with Gasteiger partial charge in [-0.2, -0.15) is 0 Å². The fraction of sp³-hybridized carbons (Fsp3) is 0. The Morgan fingerprint density at radius 1 is 0.444 bits per heavy atom. The SMILES string of the molecule is c1ccc(-c2cc3ccccc3cc2Nc2ccc3ccccc3c2)cc1. The monoisotopic (exact) mass is 345 g/mol. The molecule has 1 nitrogen and oxygen atoms in total. The molecule has 0 aliphatic heterocycles. The molecule has 0 spiro atoms. The molecule has 0 aliphatic carbocycles. The summed E-state index contributed by atoms with van der Waals surface area (Å²) in [5.74, 6) is 0. The van der Waals surface area contributed by atoms with Gasteiger partial charge in [-0.25, -0.2) is 0 Å². The molecule has 5 rings (SSSR count). The molecule has 1 N–H and O–H groups in total. The first-order chi connectivity index (χ1) is 13.4. The molecule has 1 heteroatoms. The standard InChI is InChI=1S/C26H19N/c1-2-9-20(10-3-1)25-17-22-12-6-7-13-23(22)18-26(25)27-24-15-14-19-8-4-5-11-21(19)16-24/h1-18,27H. The van der Waals surface area contributed by atoms with E-state index < -0.39 is 0 Å². The fourth-order valence-electron chi connectivity index (χ4n) is 3.62. The molecule has 0 heterocycles. The lowest BCUT2D eigenvalue weighted by atomic mass is 9.98. The van der Waals surface area contributed by atoms with E-state index in [9.17, 15) is 0 Å². The molecule has 0 fully saturated rings. The van der Waals surface area contributed by atoms with Crippen LogP contribution >= 0.6 is 0 Å². The quantitative estimate of drug-likeness (QED) is 0.359. The Bertz CT molecular complexity index is 1240. The molecular weight excluding hydrogens is 326 g/mol. The van der Waals surface area contributed by atoms with Crippen LogP contribution in [0.2, 0.25) is 0 Å². The van der Waals surface area contributed by atoms with Crippen molar-refractivity contribution in [3.8, 4) is 11.1 Å². The van der Waals surface area contributed by atoms with E-state index in [1.807, 2.05) is 0 Å². The van der Waals surface area contributed by atoms with Gasteiger partial charge in [-0.15, -0.1) is 0 Å². The predicted molar refractivity (Wildman–Crippen MR) is 117 cm³/mol. The average Bonchev–Trinajstić information content (AvgIpc) is 2.74. The Morgan fingerprint density at radius 3 is 1.78 bits per heavy atom. The smallest absolute Gasteiger partial charge is 0.0470 e. The van der Waals surface area contributed by atoms with Crippen molar-refractivity contribution in [2.45, 2.75) is 0 Å². The second-order valence-electron chi connectivity index (χ2n) is 6.80. The third kappa shape index (κ3) is 3.04. The number of anilines is 2. The molecule has 5 aromatic rings. The van der Waals surface area contributed by atoms with Crippen molar-refractivity contribution in [3.05, 3.63) is 109 Å². The molecule has 0 saturated heterocycles. The number of rotatable bonds is 3. The summed E-state index contributed by atoms with van der Waals surface area (Å²) in [5, 5.41) is 8.64. The van der Waals surface area contributed by atoms with E-state index >= 15 is 0 Å². The van der Waals surface area contributed by atoms with Crippen molar-refractivity contribution in [3.63, 3.8) is 0 Å². The maximum absolute atomic E-state index is 3.66. The van der Waals surface area contributed by atoms with Crippen LogP contribution < -0.4 is 5.32 Å². The summed E-state index contributed by atoms with van der Waals surface area (Å²) < 4.78 is 0. The van der Waals surface area contributed by atoms with Crippen LogP contribution in [0.4, 0.5) is 11.4 Å². The minimum absolute atomic E-state index is 1.10.